The highest BCUT2D eigenvalue weighted by molar-refractivity contribution is 5.69. The minimum Gasteiger partial charge on any atom is -0.493 e. The van der Waals surface area contributed by atoms with Gasteiger partial charge in [-0.1, -0.05) is 51.5 Å². The van der Waals surface area contributed by atoms with E-state index in [2.05, 4.69) is 13.0 Å². The van der Waals surface area contributed by atoms with Crippen LogP contribution in [0.3, 0.4) is 0 Å². The van der Waals surface area contributed by atoms with Crippen molar-refractivity contribution in [2.75, 3.05) is 14.2 Å². The van der Waals surface area contributed by atoms with Crippen molar-refractivity contribution in [2.24, 2.45) is 0 Å². The van der Waals surface area contributed by atoms with Crippen LogP contribution in [-0.2, 0) is 0 Å². The number of ether oxygens (including phenoxy) is 2. The molecule has 0 saturated heterocycles. The second-order valence-corrected chi connectivity index (χ2v) is 6.33. The number of aliphatic hydroxyl groups is 1. The monoisotopic (exact) mass is 318 g/mol. The van der Waals surface area contributed by atoms with E-state index < -0.39 is 6.10 Å². The number of aliphatic hydroxyl groups excluding tert-OH is 1. The first-order chi connectivity index (χ1) is 11.2. The van der Waals surface area contributed by atoms with E-state index in [1.165, 1.54) is 38.5 Å². The van der Waals surface area contributed by atoms with Crippen LogP contribution >= 0.6 is 0 Å². The Morgan fingerprint density at radius 2 is 1.52 bits per heavy atom. The zero-order valence-electron chi connectivity index (χ0n) is 14.7. The molecule has 0 spiro atoms. The highest BCUT2D eigenvalue weighted by Crippen LogP contribution is 2.42. The molecule has 2 rings (SSSR count). The van der Waals surface area contributed by atoms with Gasteiger partial charge in [0.2, 0.25) is 0 Å². The average Bonchev–Trinajstić information content (AvgIpc) is 2.88. The van der Waals surface area contributed by atoms with E-state index in [0.717, 1.165) is 29.5 Å². The number of hydrogen-bond donors (Lipinski definition) is 1. The third-order valence-corrected chi connectivity index (χ3v) is 4.64. The molecule has 1 N–H and O–H groups in total. The van der Waals surface area contributed by atoms with Crippen LogP contribution in [0, 0.1) is 0 Å². The van der Waals surface area contributed by atoms with Crippen LogP contribution < -0.4 is 9.47 Å². The molecule has 0 saturated carbocycles. The molecule has 0 heterocycles. The SMILES string of the molecule is CCCCCCCCCC1=Cc2cc(OC)c(OC)cc2C1O. The molecule has 1 aromatic rings. The van der Waals surface area contributed by atoms with Crippen LogP contribution in [0.2, 0.25) is 0 Å². The van der Waals surface area contributed by atoms with Gasteiger partial charge in [0, 0.05) is 0 Å². The van der Waals surface area contributed by atoms with Gasteiger partial charge in [0.1, 0.15) is 6.10 Å². The van der Waals surface area contributed by atoms with Crippen molar-refractivity contribution in [1.82, 2.24) is 0 Å². The Bertz CT molecular complexity index is 534. The van der Waals surface area contributed by atoms with Crippen LogP contribution in [-0.4, -0.2) is 19.3 Å². The Labute approximate surface area is 140 Å². The third-order valence-electron chi connectivity index (χ3n) is 4.64. The number of unbranched alkanes of at least 4 members (excludes halogenated alkanes) is 6. The molecule has 3 heteroatoms. The van der Waals surface area contributed by atoms with Crippen molar-refractivity contribution in [1.29, 1.82) is 0 Å². The summed E-state index contributed by atoms with van der Waals surface area (Å²) in [5.41, 5.74) is 3.09. The molecular formula is C20H30O3. The summed E-state index contributed by atoms with van der Waals surface area (Å²) in [6.45, 7) is 2.25. The maximum atomic E-state index is 10.5. The quantitative estimate of drug-likeness (QED) is 0.597. The zero-order chi connectivity index (χ0) is 16.7. The first-order valence-electron chi connectivity index (χ1n) is 8.85. The molecule has 1 atom stereocenters. The first kappa shape index (κ1) is 17.9. The lowest BCUT2D eigenvalue weighted by molar-refractivity contribution is 0.214. The van der Waals surface area contributed by atoms with Crippen LogP contribution in [0.15, 0.2) is 17.7 Å². The van der Waals surface area contributed by atoms with E-state index in [1.54, 1.807) is 14.2 Å². The third kappa shape index (κ3) is 4.51. The van der Waals surface area contributed by atoms with Gasteiger partial charge < -0.3 is 14.6 Å². The summed E-state index contributed by atoms with van der Waals surface area (Å²) in [6, 6.07) is 3.85. The van der Waals surface area contributed by atoms with Gasteiger partial charge in [0.15, 0.2) is 11.5 Å². The summed E-state index contributed by atoms with van der Waals surface area (Å²) in [7, 11) is 3.26. The molecule has 1 aliphatic carbocycles. The number of methoxy groups -OCH3 is 2. The Kier molecular flexibility index (Phi) is 6.97. The molecule has 3 nitrogen and oxygen atoms in total. The molecule has 1 aromatic carbocycles. The Hall–Kier alpha value is -1.48. The van der Waals surface area contributed by atoms with Gasteiger partial charge in [-0.25, -0.2) is 0 Å². The minimum atomic E-state index is -0.495. The largest absolute Gasteiger partial charge is 0.493 e. The lowest BCUT2D eigenvalue weighted by Gasteiger charge is -2.13. The maximum absolute atomic E-state index is 10.5. The van der Waals surface area contributed by atoms with Crippen LogP contribution in [0.4, 0.5) is 0 Å². The normalized spacial score (nSPS) is 16.2. The molecule has 128 valence electrons. The van der Waals surface area contributed by atoms with Crippen molar-refractivity contribution < 1.29 is 14.6 Å². The molecule has 0 radical (unpaired) electrons. The topological polar surface area (TPSA) is 38.7 Å². The van der Waals surface area contributed by atoms with Gasteiger partial charge in [-0.15, -0.1) is 0 Å². The Morgan fingerprint density at radius 3 is 2.17 bits per heavy atom. The smallest absolute Gasteiger partial charge is 0.161 e. The molecule has 0 amide bonds. The van der Waals surface area contributed by atoms with Crippen LogP contribution in [0.5, 0.6) is 11.5 Å². The summed E-state index contributed by atoms with van der Waals surface area (Å²) in [5, 5.41) is 10.5. The molecule has 0 fully saturated rings. The molecule has 1 aliphatic rings. The molecule has 0 aromatic heterocycles. The first-order valence-corrected chi connectivity index (χ1v) is 8.85. The van der Waals surface area contributed by atoms with Crippen LogP contribution in [0.1, 0.15) is 75.5 Å². The Morgan fingerprint density at radius 1 is 0.913 bits per heavy atom. The van der Waals surface area contributed by atoms with Gasteiger partial charge in [-0.05, 0) is 41.7 Å². The lowest BCUT2D eigenvalue weighted by atomic mass is 10.0. The lowest BCUT2D eigenvalue weighted by Crippen LogP contribution is -1.99. The van der Waals surface area contributed by atoms with E-state index in [-0.39, 0.29) is 0 Å². The number of fused-ring (bicyclic) bond motifs is 1. The average molecular weight is 318 g/mol. The number of rotatable bonds is 10. The van der Waals surface area contributed by atoms with Gasteiger partial charge in [0.05, 0.1) is 14.2 Å². The van der Waals surface area contributed by atoms with Crippen LogP contribution in [0.25, 0.3) is 6.08 Å². The fourth-order valence-electron chi connectivity index (χ4n) is 3.25. The standard InChI is InChI=1S/C20H30O3/c1-4-5-6-7-8-9-10-11-15-12-16-13-18(22-2)19(23-3)14-17(16)20(15)21/h12-14,20-21H,4-11H2,1-3H3. The molecular weight excluding hydrogens is 288 g/mol. The maximum Gasteiger partial charge on any atom is 0.161 e. The fourth-order valence-corrected chi connectivity index (χ4v) is 3.25. The molecule has 0 bridgehead atoms. The van der Waals surface area contributed by atoms with Gasteiger partial charge in [-0.3, -0.25) is 0 Å². The van der Waals surface area contributed by atoms with Gasteiger partial charge in [0.25, 0.3) is 0 Å². The fraction of sp³-hybridized carbons (Fsp3) is 0.600. The highest BCUT2D eigenvalue weighted by Gasteiger charge is 2.24. The predicted octanol–water partition coefficient (Wildman–Crippen LogP) is 5.27. The minimum absolute atomic E-state index is 0.495. The second-order valence-electron chi connectivity index (χ2n) is 6.33. The summed E-state index contributed by atoms with van der Waals surface area (Å²) in [6.07, 6.45) is 11.6. The zero-order valence-corrected chi connectivity index (χ0v) is 14.7. The predicted molar refractivity (Wildman–Crippen MR) is 95.1 cm³/mol. The van der Waals surface area contributed by atoms with E-state index in [4.69, 9.17) is 9.47 Å². The summed E-state index contributed by atoms with van der Waals surface area (Å²) < 4.78 is 10.7. The summed E-state index contributed by atoms with van der Waals surface area (Å²) >= 11 is 0. The van der Waals surface area contributed by atoms with Crippen molar-refractivity contribution in [3.63, 3.8) is 0 Å². The van der Waals surface area contributed by atoms with E-state index in [9.17, 15) is 5.11 Å². The number of hydrogen-bond acceptors (Lipinski definition) is 3. The van der Waals surface area contributed by atoms with E-state index in [0.29, 0.717) is 11.5 Å². The van der Waals surface area contributed by atoms with Gasteiger partial charge in [-0.2, -0.15) is 0 Å². The highest BCUT2D eigenvalue weighted by atomic mass is 16.5. The number of benzene rings is 1. The second kappa shape index (κ2) is 8.97. The van der Waals surface area contributed by atoms with Crippen molar-refractivity contribution >= 4 is 6.08 Å². The molecule has 1 unspecified atom stereocenters. The van der Waals surface area contributed by atoms with Crippen molar-refractivity contribution in [3.8, 4) is 11.5 Å². The van der Waals surface area contributed by atoms with Crippen molar-refractivity contribution in [2.45, 2.75) is 64.4 Å². The van der Waals surface area contributed by atoms with Crippen molar-refractivity contribution in [3.05, 3.63) is 28.8 Å². The molecule has 0 aliphatic heterocycles. The van der Waals surface area contributed by atoms with Gasteiger partial charge >= 0.3 is 0 Å². The van der Waals surface area contributed by atoms with E-state index in [1.807, 2.05) is 12.1 Å². The summed E-state index contributed by atoms with van der Waals surface area (Å²) in [5.74, 6) is 1.39. The summed E-state index contributed by atoms with van der Waals surface area (Å²) in [4.78, 5) is 0. The molecule has 23 heavy (non-hydrogen) atoms. The van der Waals surface area contributed by atoms with E-state index >= 15 is 0 Å². The Balaban J connectivity index is 1.87.